The molecule has 2 heterocycles. The Hall–Kier alpha value is -1.62. The average molecular weight is 220 g/mol. The van der Waals surface area contributed by atoms with E-state index in [0.29, 0.717) is 0 Å². The Bertz CT molecular complexity index is 460. The number of aromatic nitrogens is 3. The molecule has 0 fully saturated rings. The molecule has 16 heavy (non-hydrogen) atoms. The molecule has 0 aliphatic heterocycles. The molecule has 0 amide bonds. The van der Waals surface area contributed by atoms with Crippen LogP contribution >= 0.6 is 0 Å². The smallest absolute Gasteiger partial charge is 0.154 e. The highest BCUT2D eigenvalue weighted by molar-refractivity contribution is 5.53. The number of nitrogens with zero attached hydrogens (tertiary/aromatic N) is 3. The Morgan fingerprint density at radius 2 is 2.31 bits per heavy atom. The second kappa shape index (κ2) is 4.49. The van der Waals surface area contributed by atoms with Gasteiger partial charge in [-0.05, 0) is 13.3 Å². The predicted molar refractivity (Wildman–Crippen MR) is 60.6 cm³/mol. The van der Waals surface area contributed by atoms with Gasteiger partial charge < -0.3 is 14.8 Å². The van der Waals surface area contributed by atoms with Crippen LogP contribution in [0.2, 0.25) is 0 Å². The van der Waals surface area contributed by atoms with Gasteiger partial charge in [0.2, 0.25) is 0 Å². The highest BCUT2D eigenvalue weighted by atomic mass is 16.5. The minimum atomic E-state index is -0.0840. The van der Waals surface area contributed by atoms with Crippen molar-refractivity contribution >= 4 is 0 Å². The summed E-state index contributed by atoms with van der Waals surface area (Å²) < 4.78 is 7.24. The molecule has 5 heteroatoms. The molecule has 5 nitrogen and oxygen atoms in total. The molecule has 0 aromatic carbocycles. The van der Waals surface area contributed by atoms with Gasteiger partial charge in [-0.2, -0.15) is 0 Å². The first-order chi connectivity index (χ1) is 7.76. The molecule has 0 saturated heterocycles. The molecule has 86 valence electrons. The maximum Gasteiger partial charge on any atom is 0.154 e. The second-order valence-electron chi connectivity index (χ2n) is 3.69. The largest absolute Gasteiger partial charge is 0.359 e. The van der Waals surface area contributed by atoms with E-state index in [0.717, 1.165) is 30.1 Å². The Labute approximate surface area is 94.3 Å². The lowest BCUT2D eigenvalue weighted by Crippen LogP contribution is -2.06. The molecule has 0 spiro atoms. The highest BCUT2D eigenvalue weighted by Crippen LogP contribution is 2.22. The first kappa shape index (κ1) is 10.9. The van der Waals surface area contributed by atoms with Crippen LogP contribution in [0.1, 0.15) is 32.1 Å². The van der Waals surface area contributed by atoms with E-state index in [1.807, 2.05) is 17.6 Å². The van der Waals surface area contributed by atoms with Gasteiger partial charge in [0.1, 0.15) is 5.69 Å². The summed E-state index contributed by atoms with van der Waals surface area (Å²) >= 11 is 0. The van der Waals surface area contributed by atoms with Crippen LogP contribution in [0.15, 0.2) is 23.1 Å². The molecule has 2 rings (SSSR count). The van der Waals surface area contributed by atoms with E-state index in [1.54, 1.807) is 12.5 Å². The van der Waals surface area contributed by atoms with E-state index in [4.69, 9.17) is 10.3 Å². The zero-order valence-corrected chi connectivity index (χ0v) is 9.55. The zero-order chi connectivity index (χ0) is 11.5. The van der Waals surface area contributed by atoms with Crippen molar-refractivity contribution in [3.63, 3.8) is 0 Å². The van der Waals surface area contributed by atoms with Crippen LogP contribution in [0.25, 0.3) is 11.4 Å². The normalized spacial score (nSPS) is 12.9. The number of hydrogen-bond donors (Lipinski definition) is 1. The van der Waals surface area contributed by atoms with Gasteiger partial charge in [-0.3, -0.25) is 0 Å². The number of imidazole rings is 1. The van der Waals surface area contributed by atoms with Crippen LogP contribution in [0, 0.1) is 0 Å². The Kier molecular flexibility index (Phi) is 3.05. The molecule has 0 saturated carbocycles. The van der Waals surface area contributed by atoms with Crippen LogP contribution < -0.4 is 5.73 Å². The number of aryl methyl sites for hydroxylation is 1. The fraction of sp³-hybridized carbons (Fsp3) is 0.455. The van der Waals surface area contributed by atoms with Crippen LogP contribution in [-0.2, 0) is 6.54 Å². The third-order valence-electron chi connectivity index (χ3n) is 2.65. The molecule has 1 atom stereocenters. The summed E-state index contributed by atoms with van der Waals surface area (Å²) in [4.78, 5) is 4.09. The van der Waals surface area contributed by atoms with E-state index in [1.165, 1.54) is 0 Å². The minimum Gasteiger partial charge on any atom is -0.359 e. The summed E-state index contributed by atoms with van der Waals surface area (Å²) in [6.45, 7) is 4.93. The molecule has 0 radical (unpaired) electrons. The lowest BCUT2D eigenvalue weighted by Gasteiger charge is -2.01. The SMILES string of the molecule is CCC(N)c1cc(-c2cncn2CC)no1. The van der Waals surface area contributed by atoms with E-state index in [9.17, 15) is 0 Å². The van der Waals surface area contributed by atoms with E-state index >= 15 is 0 Å². The molecule has 0 aliphatic rings. The van der Waals surface area contributed by atoms with Gasteiger partial charge >= 0.3 is 0 Å². The lowest BCUT2D eigenvalue weighted by atomic mass is 10.1. The van der Waals surface area contributed by atoms with Gasteiger partial charge in [0.15, 0.2) is 5.76 Å². The molecule has 1 unspecified atom stereocenters. The molecule has 2 N–H and O–H groups in total. The standard InChI is InChI=1S/C11H16N4O/c1-3-8(12)11-5-9(14-16-11)10-6-13-7-15(10)4-2/h5-8H,3-4,12H2,1-2H3. The first-order valence-electron chi connectivity index (χ1n) is 5.49. The summed E-state index contributed by atoms with van der Waals surface area (Å²) in [6.07, 6.45) is 4.40. The zero-order valence-electron chi connectivity index (χ0n) is 9.55. The predicted octanol–water partition coefficient (Wildman–Crippen LogP) is 1.97. The van der Waals surface area contributed by atoms with E-state index in [-0.39, 0.29) is 6.04 Å². The lowest BCUT2D eigenvalue weighted by molar-refractivity contribution is 0.360. The van der Waals surface area contributed by atoms with E-state index in [2.05, 4.69) is 17.1 Å². The van der Waals surface area contributed by atoms with Crippen LogP contribution in [-0.4, -0.2) is 14.7 Å². The topological polar surface area (TPSA) is 69.9 Å². The summed E-state index contributed by atoms with van der Waals surface area (Å²) in [5, 5.41) is 4.02. The number of rotatable bonds is 4. The summed E-state index contributed by atoms with van der Waals surface area (Å²) in [7, 11) is 0. The van der Waals surface area contributed by atoms with Crippen molar-refractivity contribution in [3.8, 4) is 11.4 Å². The molecule has 0 aliphatic carbocycles. The Morgan fingerprint density at radius 1 is 1.50 bits per heavy atom. The molecule has 2 aromatic rings. The van der Waals surface area contributed by atoms with Crippen molar-refractivity contribution in [2.24, 2.45) is 5.73 Å². The van der Waals surface area contributed by atoms with Crippen molar-refractivity contribution < 1.29 is 4.52 Å². The van der Waals surface area contributed by atoms with Gasteiger partial charge in [0.25, 0.3) is 0 Å². The van der Waals surface area contributed by atoms with Crippen LogP contribution in [0.5, 0.6) is 0 Å². The van der Waals surface area contributed by atoms with Crippen LogP contribution in [0.4, 0.5) is 0 Å². The van der Waals surface area contributed by atoms with Crippen molar-refractivity contribution in [2.75, 3.05) is 0 Å². The second-order valence-corrected chi connectivity index (χ2v) is 3.69. The average Bonchev–Trinajstić information content (AvgIpc) is 2.95. The van der Waals surface area contributed by atoms with Gasteiger partial charge in [0.05, 0.1) is 24.3 Å². The summed E-state index contributed by atoms with van der Waals surface area (Å²) in [5.41, 5.74) is 7.62. The maximum atomic E-state index is 5.88. The summed E-state index contributed by atoms with van der Waals surface area (Å²) in [5.74, 6) is 0.723. The van der Waals surface area contributed by atoms with Crippen molar-refractivity contribution in [1.29, 1.82) is 0 Å². The molecular formula is C11H16N4O. The van der Waals surface area contributed by atoms with Crippen molar-refractivity contribution in [2.45, 2.75) is 32.9 Å². The minimum absolute atomic E-state index is 0.0840. The quantitative estimate of drug-likeness (QED) is 0.855. The van der Waals surface area contributed by atoms with Gasteiger partial charge in [-0.15, -0.1) is 0 Å². The van der Waals surface area contributed by atoms with E-state index < -0.39 is 0 Å². The highest BCUT2D eigenvalue weighted by Gasteiger charge is 2.14. The van der Waals surface area contributed by atoms with Gasteiger partial charge in [-0.25, -0.2) is 4.98 Å². The first-order valence-corrected chi connectivity index (χ1v) is 5.49. The van der Waals surface area contributed by atoms with Crippen molar-refractivity contribution in [3.05, 3.63) is 24.4 Å². The molecule has 0 bridgehead atoms. The molecular weight excluding hydrogens is 204 g/mol. The van der Waals surface area contributed by atoms with Gasteiger partial charge in [0, 0.05) is 12.6 Å². The maximum absolute atomic E-state index is 5.88. The fourth-order valence-electron chi connectivity index (χ4n) is 1.57. The van der Waals surface area contributed by atoms with Crippen molar-refractivity contribution in [1.82, 2.24) is 14.7 Å². The molecule has 2 aromatic heterocycles. The third-order valence-corrected chi connectivity index (χ3v) is 2.65. The number of nitrogens with two attached hydrogens (primary N) is 1. The fourth-order valence-corrected chi connectivity index (χ4v) is 1.57. The Balaban J connectivity index is 2.31. The van der Waals surface area contributed by atoms with Gasteiger partial charge in [-0.1, -0.05) is 12.1 Å². The third kappa shape index (κ3) is 1.86. The number of hydrogen-bond acceptors (Lipinski definition) is 4. The van der Waals surface area contributed by atoms with Crippen LogP contribution in [0.3, 0.4) is 0 Å². The Morgan fingerprint density at radius 3 is 3.00 bits per heavy atom. The monoisotopic (exact) mass is 220 g/mol. The summed E-state index contributed by atoms with van der Waals surface area (Å²) in [6, 6.07) is 1.80.